The Balaban J connectivity index is 2.79. The van der Waals surface area contributed by atoms with Crippen molar-refractivity contribution in [2.45, 2.75) is 51.5 Å². The van der Waals surface area contributed by atoms with Crippen molar-refractivity contribution in [1.29, 1.82) is 0 Å². The fourth-order valence-electron chi connectivity index (χ4n) is 2.37. The van der Waals surface area contributed by atoms with E-state index < -0.39 is 18.2 Å². The first-order valence-electron chi connectivity index (χ1n) is 5.72. The second-order valence-corrected chi connectivity index (χ2v) is 4.35. The van der Waals surface area contributed by atoms with E-state index in [-0.39, 0.29) is 24.5 Å². The third kappa shape index (κ3) is 2.72. The summed E-state index contributed by atoms with van der Waals surface area (Å²) in [6, 6.07) is -0.524. The second-order valence-electron chi connectivity index (χ2n) is 4.35. The highest BCUT2D eigenvalue weighted by atomic mass is 16.5. The Hall–Kier alpha value is -0.650. The molecule has 1 fully saturated rings. The smallest absolute Gasteiger partial charge is 0.217 e. The van der Waals surface area contributed by atoms with Crippen molar-refractivity contribution in [2.24, 2.45) is 5.92 Å². The molecular formula is C11H21NO4. The predicted octanol–water partition coefficient (Wildman–Crippen LogP) is -0.342. The molecule has 94 valence electrons. The first-order chi connectivity index (χ1) is 7.51. The molecule has 1 amide bonds. The molecule has 5 atom stereocenters. The maximum absolute atomic E-state index is 11.0. The normalized spacial score (nSPS) is 39.4. The molecule has 3 N–H and O–H groups in total. The van der Waals surface area contributed by atoms with Gasteiger partial charge in [0.15, 0.2) is 0 Å². The van der Waals surface area contributed by atoms with E-state index in [2.05, 4.69) is 5.32 Å². The van der Waals surface area contributed by atoms with Crippen LogP contribution in [0.3, 0.4) is 0 Å². The van der Waals surface area contributed by atoms with Gasteiger partial charge in [-0.05, 0) is 13.3 Å². The van der Waals surface area contributed by atoms with Crippen LogP contribution in [0.25, 0.3) is 0 Å². The Bertz CT molecular complexity index is 246. The van der Waals surface area contributed by atoms with E-state index in [9.17, 15) is 15.0 Å². The van der Waals surface area contributed by atoms with E-state index in [1.807, 2.05) is 13.8 Å². The molecule has 0 radical (unpaired) electrons. The molecule has 1 rings (SSSR count). The molecule has 16 heavy (non-hydrogen) atoms. The van der Waals surface area contributed by atoms with Crippen LogP contribution in [0.5, 0.6) is 0 Å². The SMILES string of the molecule is CCC1C(C)OC(CO)C(NC(C)=O)C1O. The summed E-state index contributed by atoms with van der Waals surface area (Å²) in [5.41, 5.74) is 0. The molecule has 1 aliphatic rings. The lowest BCUT2D eigenvalue weighted by molar-refractivity contribution is -0.164. The van der Waals surface area contributed by atoms with E-state index in [0.717, 1.165) is 6.42 Å². The van der Waals surface area contributed by atoms with Gasteiger partial charge in [-0.2, -0.15) is 0 Å². The summed E-state index contributed by atoms with van der Waals surface area (Å²) in [7, 11) is 0. The Labute approximate surface area is 95.8 Å². The summed E-state index contributed by atoms with van der Waals surface area (Å²) in [5.74, 6) is -0.241. The second kappa shape index (κ2) is 5.61. The molecule has 0 aromatic carbocycles. The van der Waals surface area contributed by atoms with Crippen molar-refractivity contribution in [1.82, 2.24) is 5.32 Å². The molecule has 1 saturated heterocycles. The standard InChI is InChI=1S/C11H21NO4/c1-4-8-6(2)16-9(5-13)10(11(8)15)12-7(3)14/h6,8-11,13,15H,4-5H2,1-3H3,(H,12,14). The van der Waals surface area contributed by atoms with Crippen LogP contribution in [0, 0.1) is 5.92 Å². The monoisotopic (exact) mass is 231 g/mol. The van der Waals surface area contributed by atoms with Crippen LogP contribution in [0.1, 0.15) is 27.2 Å². The number of amides is 1. The van der Waals surface area contributed by atoms with Gasteiger partial charge in [0.2, 0.25) is 5.91 Å². The molecular weight excluding hydrogens is 210 g/mol. The molecule has 5 unspecified atom stereocenters. The van der Waals surface area contributed by atoms with Gasteiger partial charge in [0.1, 0.15) is 6.10 Å². The van der Waals surface area contributed by atoms with E-state index >= 15 is 0 Å². The fourth-order valence-corrected chi connectivity index (χ4v) is 2.37. The number of aliphatic hydroxyl groups excluding tert-OH is 2. The van der Waals surface area contributed by atoms with Crippen molar-refractivity contribution >= 4 is 5.91 Å². The van der Waals surface area contributed by atoms with E-state index in [1.54, 1.807) is 0 Å². The maximum Gasteiger partial charge on any atom is 0.217 e. The molecule has 0 aromatic heterocycles. The molecule has 1 aliphatic heterocycles. The molecule has 0 aliphatic carbocycles. The summed E-state index contributed by atoms with van der Waals surface area (Å²) in [4.78, 5) is 11.0. The lowest BCUT2D eigenvalue weighted by Crippen LogP contribution is -2.61. The Morgan fingerprint density at radius 2 is 2.12 bits per heavy atom. The number of carbonyl (C=O) groups excluding carboxylic acids is 1. The van der Waals surface area contributed by atoms with Gasteiger partial charge < -0.3 is 20.3 Å². The van der Waals surface area contributed by atoms with Gasteiger partial charge >= 0.3 is 0 Å². The number of rotatable bonds is 3. The maximum atomic E-state index is 11.0. The molecule has 0 saturated carbocycles. The van der Waals surface area contributed by atoms with Crippen LogP contribution in [-0.2, 0) is 9.53 Å². The van der Waals surface area contributed by atoms with Crippen LogP contribution in [0.4, 0.5) is 0 Å². The Morgan fingerprint density at radius 3 is 2.56 bits per heavy atom. The minimum Gasteiger partial charge on any atom is -0.394 e. The molecule has 1 heterocycles. The minimum absolute atomic E-state index is 0.0142. The first kappa shape index (κ1) is 13.4. The van der Waals surface area contributed by atoms with Gasteiger partial charge in [0.25, 0.3) is 0 Å². The summed E-state index contributed by atoms with van der Waals surface area (Å²) in [6.45, 7) is 5.03. The average molecular weight is 231 g/mol. The zero-order valence-electron chi connectivity index (χ0n) is 10.0. The first-order valence-corrected chi connectivity index (χ1v) is 5.72. The minimum atomic E-state index is -0.671. The highest BCUT2D eigenvalue weighted by molar-refractivity contribution is 5.73. The van der Waals surface area contributed by atoms with Gasteiger partial charge in [-0.3, -0.25) is 4.79 Å². The number of hydrogen-bond donors (Lipinski definition) is 3. The van der Waals surface area contributed by atoms with Crippen molar-refractivity contribution in [3.8, 4) is 0 Å². The van der Waals surface area contributed by atoms with E-state index in [0.29, 0.717) is 0 Å². The largest absolute Gasteiger partial charge is 0.394 e. The Morgan fingerprint density at radius 1 is 1.50 bits per heavy atom. The quantitative estimate of drug-likeness (QED) is 0.621. The summed E-state index contributed by atoms with van der Waals surface area (Å²) in [6.07, 6.45) is -0.537. The van der Waals surface area contributed by atoms with Gasteiger partial charge in [-0.25, -0.2) is 0 Å². The fraction of sp³-hybridized carbons (Fsp3) is 0.909. The van der Waals surface area contributed by atoms with Crippen LogP contribution in [0.15, 0.2) is 0 Å². The molecule has 0 bridgehead atoms. The molecule has 5 heteroatoms. The number of aliphatic hydroxyl groups is 2. The third-order valence-corrected chi connectivity index (χ3v) is 3.22. The number of hydrogen-bond acceptors (Lipinski definition) is 4. The highest BCUT2D eigenvalue weighted by Gasteiger charge is 2.42. The number of carbonyl (C=O) groups is 1. The van der Waals surface area contributed by atoms with E-state index in [4.69, 9.17) is 4.74 Å². The van der Waals surface area contributed by atoms with Crippen molar-refractivity contribution in [3.63, 3.8) is 0 Å². The molecule has 0 spiro atoms. The van der Waals surface area contributed by atoms with Crippen LogP contribution < -0.4 is 5.32 Å². The summed E-state index contributed by atoms with van der Waals surface area (Å²) < 4.78 is 5.60. The predicted molar refractivity (Wildman–Crippen MR) is 58.8 cm³/mol. The van der Waals surface area contributed by atoms with Crippen molar-refractivity contribution < 1.29 is 19.7 Å². The highest BCUT2D eigenvalue weighted by Crippen LogP contribution is 2.28. The molecule has 0 aromatic rings. The lowest BCUT2D eigenvalue weighted by atomic mass is 9.84. The van der Waals surface area contributed by atoms with Crippen LogP contribution >= 0.6 is 0 Å². The lowest BCUT2D eigenvalue weighted by Gasteiger charge is -2.43. The number of ether oxygens (including phenoxy) is 1. The van der Waals surface area contributed by atoms with Crippen molar-refractivity contribution in [3.05, 3.63) is 0 Å². The Kier molecular flexibility index (Phi) is 4.70. The zero-order chi connectivity index (χ0) is 12.3. The van der Waals surface area contributed by atoms with Crippen LogP contribution in [0.2, 0.25) is 0 Å². The van der Waals surface area contributed by atoms with Gasteiger partial charge in [0, 0.05) is 12.8 Å². The van der Waals surface area contributed by atoms with Gasteiger partial charge in [-0.15, -0.1) is 0 Å². The third-order valence-electron chi connectivity index (χ3n) is 3.22. The summed E-state index contributed by atoms with van der Waals surface area (Å²) >= 11 is 0. The zero-order valence-corrected chi connectivity index (χ0v) is 10.0. The van der Waals surface area contributed by atoms with Crippen molar-refractivity contribution in [2.75, 3.05) is 6.61 Å². The average Bonchev–Trinajstić information content (AvgIpc) is 2.22. The van der Waals surface area contributed by atoms with Crippen LogP contribution in [-0.4, -0.2) is 47.1 Å². The number of nitrogens with one attached hydrogen (secondary N) is 1. The summed E-state index contributed by atoms with van der Waals surface area (Å²) in [5, 5.41) is 22.0. The van der Waals surface area contributed by atoms with Gasteiger partial charge in [0.05, 0.1) is 24.9 Å². The molecule has 5 nitrogen and oxygen atoms in total. The van der Waals surface area contributed by atoms with E-state index in [1.165, 1.54) is 6.92 Å². The van der Waals surface area contributed by atoms with Gasteiger partial charge in [-0.1, -0.05) is 6.92 Å². The topological polar surface area (TPSA) is 78.8 Å².